The van der Waals surface area contributed by atoms with Crippen LogP contribution in [0, 0.1) is 27.2 Å². The van der Waals surface area contributed by atoms with E-state index in [9.17, 15) is 20.2 Å². The van der Waals surface area contributed by atoms with Crippen molar-refractivity contribution >= 4 is 23.3 Å². The number of anilines is 1. The second kappa shape index (κ2) is 10.0. The predicted molar refractivity (Wildman–Crippen MR) is 119 cm³/mol. The first-order valence-electron chi connectivity index (χ1n) is 9.45. The largest absolute Gasteiger partial charge is 0.493 e. The summed E-state index contributed by atoms with van der Waals surface area (Å²) in [6, 6.07) is 16.2. The van der Waals surface area contributed by atoms with Gasteiger partial charge in [0.05, 0.1) is 28.9 Å². The van der Waals surface area contributed by atoms with E-state index in [4.69, 9.17) is 9.47 Å². The van der Waals surface area contributed by atoms with Gasteiger partial charge < -0.3 is 9.47 Å². The second-order valence-corrected chi connectivity index (χ2v) is 6.78. The Morgan fingerprint density at radius 2 is 1.78 bits per heavy atom. The van der Waals surface area contributed by atoms with Gasteiger partial charge in [-0.05, 0) is 30.7 Å². The van der Waals surface area contributed by atoms with Crippen LogP contribution >= 0.6 is 0 Å². The third-order valence-corrected chi connectivity index (χ3v) is 4.43. The lowest BCUT2D eigenvalue weighted by Gasteiger charge is -2.12. The highest BCUT2D eigenvalue weighted by Crippen LogP contribution is 2.38. The van der Waals surface area contributed by atoms with Crippen LogP contribution in [0.25, 0.3) is 0 Å². The van der Waals surface area contributed by atoms with Crippen molar-refractivity contribution in [3.63, 3.8) is 0 Å². The molecule has 0 atom stereocenters. The molecule has 3 rings (SSSR count). The molecule has 0 saturated carbocycles. The Morgan fingerprint density at radius 1 is 1.03 bits per heavy atom. The van der Waals surface area contributed by atoms with Gasteiger partial charge in [-0.2, -0.15) is 5.10 Å². The van der Waals surface area contributed by atoms with Crippen LogP contribution in [0.2, 0.25) is 0 Å². The number of nitrogens with one attached hydrogen (secondary N) is 1. The molecule has 10 heteroatoms. The van der Waals surface area contributed by atoms with Crippen LogP contribution in [0.5, 0.6) is 11.5 Å². The number of hydrazone groups is 1. The van der Waals surface area contributed by atoms with Crippen LogP contribution in [0.4, 0.5) is 17.1 Å². The minimum absolute atomic E-state index is 0.0273. The smallest absolute Gasteiger partial charge is 0.315 e. The molecule has 10 nitrogen and oxygen atoms in total. The summed E-state index contributed by atoms with van der Waals surface area (Å²) in [6.07, 6.45) is 1.38. The zero-order valence-electron chi connectivity index (χ0n) is 17.3. The fourth-order valence-corrected chi connectivity index (χ4v) is 2.91. The van der Waals surface area contributed by atoms with Crippen LogP contribution in [-0.2, 0) is 6.61 Å². The van der Waals surface area contributed by atoms with Crippen LogP contribution < -0.4 is 14.9 Å². The third kappa shape index (κ3) is 5.57. The fraction of sp³-hybridized carbons (Fsp3) is 0.136. The molecule has 0 radical (unpaired) electrons. The van der Waals surface area contributed by atoms with Gasteiger partial charge in [0.15, 0.2) is 5.75 Å². The van der Waals surface area contributed by atoms with Gasteiger partial charge in [-0.1, -0.05) is 29.8 Å². The maximum Gasteiger partial charge on any atom is 0.315 e. The van der Waals surface area contributed by atoms with Crippen molar-refractivity contribution in [1.29, 1.82) is 0 Å². The van der Waals surface area contributed by atoms with E-state index in [0.717, 1.165) is 11.1 Å². The average Bonchev–Trinajstić information content (AvgIpc) is 2.77. The van der Waals surface area contributed by atoms with Crippen molar-refractivity contribution in [2.24, 2.45) is 5.10 Å². The molecule has 0 fully saturated rings. The van der Waals surface area contributed by atoms with Crippen LogP contribution in [0.1, 0.15) is 16.7 Å². The van der Waals surface area contributed by atoms with E-state index in [1.807, 2.05) is 31.2 Å². The summed E-state index contributed by atoms with van der Waals surface area (Å²) >= 11 is 0. The van der Waals surface area contributed by atoms with Crippen molar-refractivity contribution in [1.82, 2.24) is 0 Å². The van der Waals surface area contributed by atoms with Crippen molar-refractivity contribution in [2.45, 2.75) is 13.5 Å². The number of non-ortho nitro benzene ring substituents is 1. The summed E-state index contributed by atoms with van der Waals surface area (Å²) in [5.41, 5.74) is 5.28. The van der Waals surface area contributed by atoms with E-state index in [1.165, 1.54) is 43.7 Å². The number of ether oxygens (including phenoxy) is 2. The molecule has 32 heavy (non-hydrogen) atoms. The molecule has 164 valence electrons. The number of methoxy groups -OCH3 is 1. The summed E-state index contributed by atoms with van der Waals surface area (Å²) in [5.74, 6) is 0.225. The van der Waals surface area contributed by atoms with Crippen molar-refractivity contribution in [3.05, 3.63) is 97.6 Å². The molecule has 0 heterocycles. The zero-order valence-corrected chi connectivity index (χ0v) is 17.3. The second-order valence-electron chi connectivity index (χ2n) is 6.78. The summed E-state index contributed by atoms with van der Waals surface area (Å²) in [7, 11) is 1.40. The van der Waals surface area contributed by atoms with Crippen molar-refractivity contribution in [2.75, 3.05) is 12.5 Å². The minimum Gasteiger partial charge on any atom is -0.493 e. The normalized spacial score (nSPS) is 10.7. The molecule has 0 saturated heterocycles. The molecule has 0 aliphatic rings. The first-order valence-corrected chi connectivity index (χ1v) is 9.45. The Bertz CT molecular complexity index is 1160. The topological polar surface area (TPSA) is 129 Å². The highest BCUT2D eigenvalue weighted by molar-refractivity contribution is 5.83. The van der Waals surface area contributed by atoms with Gasteiger partial charge in [0.25, 0.3) is 5.69 Å². The van der Waals surface area contributed by atoms with E-state index in [-0.39, 0.29) is 29.5 Å². The SMILES string of the molecule is COc1cc(/C=N/Nc2ccc([N+](=O)[O-])cc2)cc([N+](=O)[O-])c1OCc1cccc(C)c1. The van der Waals surface area contributed by atoms with Gasteiger partial charge >= 0.3 is 5.69 Å². The minimum atomic E-state index is -0.546. The molecule has 0 aliphatic carbocycles. The molecule has 0 bridgehead atoms. The van der Waals surface area contributed by atoms with E-state index in [2.05, 4.69) is 10.5 Å². The summed E-state index contributed by atoms with van der Waals surface area (Å²) in [5, 5.41) is 26.4. The highest BCUT2D eigenvalue weighted by atomic mass is 16.6. The highest BCUT2D eigenvalue weighted by Gasteiger charge is 2.22. The van der Waals surface area contributed by atoms with Gasteiger partial charge in [0, 0.05) is 23.8 Å². The van der Waals surface area contributed by atoms with Crippen LogP contribution in [0.15, 0.2) is 65.8 Å². The van der Waals surface area contributed by atoms with Crippen LogP contribution in [-0.4, -0.2) is 23.2 Å². The maximum absolute atomic E-state index is 11.6. The Labute approximate surface area is 183 Å². The lowest BCUT2D eigenvalue weighted by atomic mass is 10.1. The Kier molecular flexibility index (Phi) is 6.96. The number of nitrogens with zero attached hydrogens (tertiary/aromatic N) is 3. The number of benzene rings is 3. The number of hydrogen-bond acceptors (Lipinski definition) is 8. The van der Waals surface area contributed by atoms with Gasteiger partial charge in [0.1, 0.15) is 6.61 Å². The van der Waals surface area contributed by atoms with E-state index in [1.54, 1.807) is 6.07 Å². The number of nitro groups is 2. The monoisotopic (exact) mass is 436 g/mol. The molecule has 0 unspecified atom stereocenters. The molecule has 0 amide bonds. The number of rotatable bonds is 9. The quantitative estimate of drug-likeness (QED) is 0.288. The molecule has 0 spiro atoms. The lowest BCUT2D eigenvalue weighted by molar-refractivity contribution is -0.386. The molecule has 0 aliphatic heterocycles. The number of hydrogen-bond donors (Lipinski definition) is 1. The summed E-state index contributed by atoms with van der Waals surface area (Å²) in [6.45, 7) is 2.10. The number of aryl methyl sites for hydroxylation is 1. The molecule has 1 N–H and O–H groups in total. The maximum atomic E-state index is 11.6. The molecule has 3 aromatic rings. The molecular formula is C22H20N4O6. The Morgan fingerprint density at radius 3 is 2.41 bits per heavy atom. The molecule has 3 aromatic carbocycles. The van der Waals surface area contributed by atoms with Gasteiger partial charge in [-0.25, -0.2) is 0 Å². The van der Waals surface area contributed by atoms with Crippen molar-refractivity contribution < 1.29 is 19.3 Å². The zero-order chi connectivity index (χ0) is 23.1. The molecule has 0 aromatic heterocycles. The summed E-state index contributed by atoms with van der Waals surface area (Å²) < 4.78 is 11.1. The first kappa shape index (κ1) is 22.2. The van der Waals surface area contributed by atoms with E-state index < -0.39 is 9.85 Å². The van der Waals surface area contributed by atoms with Gasteiger partial charge in [-0.15, -0.1) is 0 Å². The van der Waals surface area contributed by atoms with Crippen LogP contribution in [0.3, 0.4) is 0 Å². The van der Waals surface area contributed by atoms with Gasteiger partial charge in [0.2, 0.25) is 5.75 Å². The number of nitro benzene ring substituents is 2. The summed E-state index contributed by atoms with van der Waals surface area (Å²) in [4.78, 5) is 21.3. The Hall–Kier alpha value is -4.47. The molecular weight excluding hydrogens is 416 g/mol. The first-order chi connectivity index (χ1) is 15.4. The third-order valence-electron chi connectivity index (χ3n) is 4.43. The fourth-order valence-electron chi connectivity index (χ4n) is 2.91. The average molecular weight is 436 g/mol. The predicted octanol–water partition coefficient (Wildman–Crippen LogP) is 4.85. The van der Waals surface area contributed by atoms with Gasteiger partial charge in [-0.3, -0.25) is 25.7 Å². The van der Waals surface area contributed by atoms with E-state index >= 15 is 0 Å². The Balaban J connectivity index is 1.79. The lowest BCUT2D eigenvalue weighted by Crippen LogP contribution is -2.03. The van der Waals surface area contributed by atoms with Crippen molar-refractivity contribution in [3.8, 4) is 11.5 Å². The standard InChI is InChI=1S/C22H20N4O6/c1-15-4-3-5-16(10-15)14-32-22-20(26(29)30)11-17(12-21(22)31-2)13-23-24-18-6-8-19(9-7-18)25(27)28/h3-13,24H,14H2,1-2H3/b23-13+. The van der Waals surface area contributed by atoms with E-state index in [0.29, 0.717) is 11.3 Å².